The van der Waals surface area contributed by atoms with Crippen molar-refractivity contribution in [3.05, 3.63) is 35.9 Å². The van der Waals surface area contributed by atoms with E-state index in [1.165, 1.54) is 7.05 Å². The molecule has 21 heavy (non-hydrogen) atoms. The van der Waals surface area contributed by atoms with Crippen molar-refractivity contribution < 1.29 is 22.0 Å². The van der Waals surface area contributed by atoms with Gasteiger partial charge in [-0.2, -0.15) is 4.31 Å². The summed E-state index contributed by atoms with van der Waals surface area (Å²) in [6, 6.07) is 8.71. The molecule has 0 amide bonds. The smallest absolute Gasteiger partial charge is 0.308 e. The Bertz CT molecular complexity index is 580. The Kier molecular flexibility index (Phi) is 6.56. The molecule has 1 rings (SSSR count). The third kappa shape index (κ3) is 4.63. The Labute approximate surface area is 126 Å². The first-order valence-corrected chi connectivity index (χ1v) is 10.1. The van der Waals surface area contributed by atoms with Crippen molar-refractivity contribution in [2.45, 2.75) is 19.6 Å². The molecule has 0 N–H and O–H groups in total. The van der Waals surface area contributed by atoms with Gasteiger partial charge in [-0.15, -0.1) is 0 Å². The van der Waals surface area contributed by atoms with Gasteiger partial charge in [-0.3, -0.25) is 4.57 Å². The predicted molar refractivity (Wildman–Crippen MR) is 82.6 cm³/mol. The molecule has 120 valence electrons. The summed E-state index contributed by atoms with van der Waals surface area (Å²) in [5, 5.41) is 0. The zero-order chi connectivity index (χ0) is 16.1. The quantitative estimate of drug-likeness (QED) is 0.683. The summed E-state index contributed by atoms with van der Waals surface area (Å²) in [5.74, 6) is -1.01. The van der Waals surface area contributed by atoms with E-state index in [1.54, 1.807) is 44.2 Å². The second-order valence-electron chi connectivity index (χ2n) is 4.44. The van der Waals surface area contributed by atoms with E-state index in [2.05, 4.69) is 0 Å². The van der Waals surface area contributed by atoms with Crippen molar-refractivity contribution in [1.82, 2.24) is 4.31 Å². The molecule has 1 atom stereocenters. The molecule has 1 aromatic rings. The molecule has 0 heterocycles. The van der Waals surface area contributed by atoms with Crippen molar-refractivity contribution in [3.8, 4) is 0 Å². The van der Waals surface area contributed by atoms with E-state index in [4.69, 9.17) is 9.05 Å². The summed E-state index contributed by atoms with van der Waals surface area (Å²) in [5.41, 5.74) is 0.565. The van der Waals surface area contributed by atoms with E-state index in [-0.39, 0.29) is 13.2 Å². The van der Waals surface area contributed by atoms with Gasteiger partial charge < -0.3 is 9.05 Å². The van der Waals surface area contributed by atoms with Crippen LogP contribution < -0.4 is 0 Å². The number of benzene rings is 1. The Morgan fingerprint density at radius 1 is 1.14 bits per heavy atom. The molecule has 0 unspecified atom stereocenters. The monoisotopic (exact) mass is 335 g/mol. The molecule has 0 bridgehead atoms. The van der Waals surface area contributed by atoms with Crippen LogP contribution >= 0.6 is 7.60 Å². The minimum Gasteiger partial charge on any atom is -0.308 e. The molecule has 0 aromatic heterocycles. The van der Waals surface area contributed by atoms with Gasteiger partial charge in [-0.25, -0.2) is 8.42 Å². The third-order valence-electron chi connectivity index (χ3n) is 2.88. The zero-order valence-electron chi connectivity index (χ0n) is 12.7. The summed E-state index contributed by atoms with van der Waals surface area (Å²) in [7, 11) is -5.85. The SMILES string of the molecule is CCOP(=O)(OCC)[C@H](c1ccccc1)N(C)S(C)(=O)=O. The standard InChI is InChI=1S/C13H22NO5PS/c1-5-18-20(15,19-6-2)13(14(3)21(4,16)17)12-10-8-7-9-11-12/h7-11,13H,5-6H2,1-4H3/t13-/m1/s1. The van der Waals surface area contributed by atoms with Gasteiger partial charge in [0.2, 0.25) is 10.0 Å². The van der Waals surface area contributed by atoms with Crippen LogP contribution in [0.3, 0.4) is 0 Å². The molecule has 6 nitrogen and oxygen atoms in total. The Morgan fingerprint density at radius 3 is 2.00 bits per heavy atom. The third-order valence-corrected chi connectivity index (χ3v) is 6.78. The maximum atomic E-state index is 13.1. The number of rotatable bonds is 8. The fraction of sp³-hybridized carbons (Fsp3) is 0.538. The fourth-order valence-electron chi connectivity index (χ4n) is 1.94. The molecule has 0 spiro atoms. The molecular weight excluding hydrogens is 313 g/mol. The first-order valence-electron chi connectivity index (χ1n) is 6.63. The number of hydrogen-bond acceptors (Lipinski definition) is 5. The van der Waals surface area contributed by atoms with E-state index < -0.39 is 23.4 Å². The summed E-state index contributed by atoms with van der Waals surface area (Å²) in [4.78, 5) is 0. The molecule has 0 fully saturated rings. The van der Waals surface area contributed by atoms with Crippen molar-refractivity contribution >= 4 is 17.6 Å². The highest BCUT2D eigenvalue weighted by Crippen LogP contribution is 2.62. The van der Waals surface area contributed by atoms with Crippen molar-refractivity contribution in [2.75, 3.05) is 26.5 Å². The molecule has 0 saturated carbocycles. The van der Waals surface area contributed by atoms with Crippen LogP contribution in [-0.4, -0.2) is 39.2 Å². The second kappa shape index (κ2) is 7.51. The molecular formula is C13H22NO5PS. The Balaban J connectivity index is 3.40. The lowest BCUT2D eigenvalue weighted by Crippen LogP contribution is -2.31. The van der Waals surface area contributed by atoms with Gasteiger partial charge in [0, 0.05) is 7.05 Å². The number of sulfonamides is 1. The van der Waals surface area contributed by atoms with Crippen LogP contribution in [0.25, 0.3) is 0 Å². The molecule has 0 aliphatic rings. The van der Waals surface area contributed by atoms with Gasteiger partial charge >= 0.3 is 7.60 Å². The average molecular weight is 335 g/mol. The largest absolute Gasteiger partial charge is 0.353 e. The Hall–Kier alpha value is -0.720. The summed E-state index contributed by atoms with van der Waals surface area (Å²) < 4.78 is 48.5. The summed E-state index contributed by atoms with van der Waals surface area (Å²) in [6.07, 6.45) is 1.06. The molecule has 0 aliphatic heterocycles. The highest BCUT2D eigenvalue weighted by molar-refractivity contribution is 7.88. The lowest BCUT2D eigenvalue weighted by molar-refractivity contribution is 0.197. The van der Waals surface area contributed by atoms with Crippen molar-refractivity contribution in [3.63, 3.8) is 0 Å². The van der Waals surface area contributed by atoms with Crippen LogP contribution in [0.15, 0.2) is 30.3 Å². The lowest BCUT2D eigenvalue weighted by atomic mass is 10.2. The lowest BCUT2D eigenvalue weighted by Gasteiger charge is -2.32. The maximum Gasteiger partial charge on any atom is 0.353 e. The van der Waals surface area contributed by atoms with Crippen LogP contribution in [0, 0.1) is 0 Å². The Morgan fingerprint density at radius 2 is 1.62 bits per heavy atom. The summed E-state index contributed by atoms with van der Waals surface area (Å²) in [6.45, 7) is 3.71. The number of hydrogen-bond donors (Lipinski definition) is 0. The second-order valence-corrected chi connectivity index (χ2v) is 8.57. The van der Waals surface area contributed by atoms with Gasteiger partial charge in [0.05, 0.1) is 19.5 Å². The van der Waals surface area contributed by atoms with Gasteiger partial charge in [0.25, 0.3) is 0 Å². The maximum absolute atomic E-state index is 13.1. The minimum absolute atomic E-state index is 0.165. The highest BCUT2D eigenvalue weighted by atomic mass is 32.2. The minimum atomic E-state index is -3.66. The van der Waals surface area contributed by atoms with E-state index in [0.29, 0.717) is 5.56 Å². The van der Waals surface area contributed by atoms with Crippen LogP contribution in [0.2, 0.25) is 0 Å². The zero-order valence-corrected chi connectivity index (χ0v) is 14.4. The molecule has 0 saturated heterocycles. The van der Waals surface area contributed by atoms with E-state index in [1.807, 2.05) is 0 Å². The summed E-state index contributed by atoms with van der Waals surface area (Å²) >= 11 is 0. The van der Waals surface area contributed by atoms with E-state index in [9.17, 15) is 13.0 Å². The fourth-order valence-corrected chi connectivity index (χ4v) is 5.29. The van der Waals surface area contributed by atoms with Crippen LogP contribution in [-0.2, 0) is 23.6 Å². The van der Waals surface area contributed by atoms with Gasteiger partial charge in [0.15, 0.2) is 5.78 Å². The number of nitrogens with zero attached hydrogens (tertiary/aromatic N) is 1. The van der Waals surface area contributed by atoms with E-state index in [0.717, 1.165) is 10.6 Å². The molecule has 1 aromatic carbocycles. The van der Waals surface area contributed by atoms with Crippen molar-refractivity contribution in [2.24, 2.45) is 0 Å². The van der Waals surface area contributed by atoms with Crippen molar-refractivity contribution in [1.29, 1.82) is 0 Å². The first-order chi connectivity index (χ1) is 9.76. The highest BCUT2D eigenvalue weighted by Gasteiger charge is 2.42. The van der Waals surface area contributed by atoms with Gasteiger partial charge in [0.1, 0.15) is 0 Å². The van der Waals surface area contributed by atoms with Crippen LogP contribution in [0.4, 0.5) is 0 Å². The normalized spacial score (nSPS) is 14.3. The van der Waals surface area contributed by atoms with E-state index >= 15 is 0 Å². The van der Waals surface area contributed by atoms with Gasteiger partial charge in [-0.1, -0.05) is 30.3 Å². The first kappa shape index (κ1) is 18.3. The topological polar surface area (TPSA) is 72.9 Å². The molecule has 8 heteroatoms. The van der Waals surface area contributed by atoms with Crippen LogP contribution in [0.5, 0.6) is 0 Å². The molecule has 0 aliphatic carbocycles. The average Bonchev–Trinajstić information content (AvgIpc) is 2.39. The predicted octanol–water partition coefficient (Wildman–Crippen LogP) is 2.84. The van der Waals surface area contributed by atoms with Crippen LogP contribution in [0.1, 0.15) is 25.2 Å². The molecule has 0 radical (unpaired) electrons. The van der Waals surface area contributed by atoms with Gasteiger partial charge in [-0.05, 0) is 19.4 Å².